The summed E-state index contributed by atoms with van der Waals surface area (Å²) in [5, 5.41) is 1.02. The third-order valence-electron chi connectivity index (χ3n) is 5.06. The molecule has 3 heterocycles. The van der Waals surface area contributed by atoms with Crippen molar-refractivity contribution in [3.63, 3.8) is 0 Å². The van der Waals surface area contributed by atoms with Gasteiger partial charge >= 0.3 is 0 Å². The fourth-order valence-corrected chi connectivity index (χ4v) is 4.80. The highest BCUT2D eigenvalue weighted by atomic mass is 32.1. The molecule has 1 unspecified atom stereocenters. The third-order valence-corrected chi connectivity index (χ3v) is 6.20. The van der Waals surface area contributed by atoms with Crippen LogP contribution in [0.15, 0.2) is 59.0 Å². The highest BCUT2D eigenvalue weighted by Crippen LogP contribution is 2.35. The molecular formula is C22H19N3O2S. The molecule has 1 amide bonds. The Balaban J connectivity index is 1.40. The van der Waals surface area contributed by atoms with Crippen molar-refractivity contribution in [3.8, 4) is 0 Å². The maximum absolute atomic E-state index is 12.9. The minimum Gasteiger partial charge on any atom is -0.437 e. The van der Waals surface area contributed by atoms with Gasteiger partial charge in [-0.1, -0.05) is 24.3 Å². The molecule has 0 saturated carbocycles. The van der Waals surface area contributed by atoms with Gasteiger partial charge in [-0.05, 0) is 43.5 Å². The molecule has 140 valence electrons. The van der Waals surface area contributed by atoms with Crippen molar-refractivity contribution in [2.45, 2.75) is 25.3 Å². The first-order valence-corrected chi connectivity index (χ1v) is 10.3. The van der Waals surface area contributed by atoms with Crippen LogP contribution in [0.25, 0.3) is 27.4 Å². The molecule has 0 bridgehead atoms. The van der Waals surface area contributed by atoms with Gasteiger partial charge < -0.3 is 9.32 Å². The third kappa shape index (κ3) is 3.20. The molecule has 1 atom stereocenters. The summed E-state index contributed by atoms with van der Waals surface area (Å²) < 4.78 is 6.84. The van der Waals surface area contributed by atoms with Gasteiger partial charge in [-0.2, -0.15) is 0 Å². The van der Waals surface area contributed by atoms with Crippen molar-refractivity contribution in [2.24, 2.45) is 0 Å². The zero-order chi connectivity index (χ0) is 18.9. The molecule has 5 rings (SSSR count). The lowest BCUT2D eigenvalue weighted by molar-refractivity contribution is -0.129. The summed E-state index contributed by atoms with van der Waals surface area (Å²) in [5.74, 6) is 0.425. The molecule has 0 N–H and O–H groups in total. The van der Waals surface area contributed by atoms with Crippen LogP contribution in [-0.4, -0.2) is 27.3 Å². The number of rotatable bonds is 3. The molecule has 0 aliphatic carbocycles. The number of hydrogen-bond acceptors (Lipinski definition) is 5. The maximum Gasteiger partial charge on any atom is 0.247 e. The first-order chi connectivity index (χ1) is 13.8. The Morgan fingerprint density at radius 3 is 2.75 bits per heavy atom. The lowest BCUT2D eigenvalue weighted by Crippen LogP contribution is -2.37. The normalized spacial score (nSPS) is 17.7. The standard InChI is InChI=1S/C22H19N3O2S/c26-21(13-12-20-23-15-7-1-3-10-18(15)27-20)25-14-6-5-9-17(25)22-24-16-8-2-4-11-19(16)28-22/h1-4,7-8,10-13,17H,5-6,9,14H2/b13-12+. The highest BCUT2D eigenvalue weighted by molar-refractivity contribution is 7.18. The van der Waals surface area contributed by atoms with Crippen molar-refractivity contribution in [3.05, 3.63) is 65.5 Å². The smallest absolute Gasteiger partial charge is 0.247 e. The van der Waals surface area contributed by atoms with Crippen molar-refractivity contribution in [1.82, 2.24) is 14.9 Å². The molecule has 2 aromatic carbocycles. The molecule has 5 nitrogen and oxygen atoms in total. The van der Waals surface area contributed by atoms with E-state index in [4.69, 9.17) is 9.40 Å². The average molecular weight is 389 g/mol. The summed E-state index contributed by atoms with van der Waals surface area (Å²) in [4.78, 5) is 24.1. The summed E-state index contributed by atoms with van der Waals surface area (Å²) >= 11 is 1.68. The molecule has 1 aliphatic heterocycles. The molecule has 0 spiro atoms. The number of piperidine rings is 1. The van der Waals surface area contributed by atoms with Gasteiger partial charge in [0.2, 0.25) is 11.8 Å². The predicted molar refractivity (Wildman–Crippen MR) is 111 cm³/mol. The van der Waals surface area contributed by atoms with E-state index in [9.17, 15) is 4.79 Å². The first kappa shape index (κ1) is 17.1. The Bertz CT molecular complexity index is 1110. The van der Waals surface area contributed by atoms with E-state index in [-0.39, 0.29) is 11.9 Å². The summed E-state index contributed by atoms with van der Waals surface area (Å²) in [6.45, 7) is 0.747. The lowest BCUT2D eigenvalue weighted by Gasteiger charge is -2.33. The van der Waals surface area contributed by atoms with E-state index >= 15 is 0 Å². The zero-order valence-corrected chi connectivity index (χ0v) is 16.1. The van der Waals surface area contributed by atoms with E-state index in [2.05, 4.69) is 11.1 Å². The molecule has 28 heavy (non-hydrogen) atoms. The van der Waals surface area contributed by atoms with E-state index in [0.717, 1.165) is 52.1 Å². The van der Waals surface area contributed by atoms with Gasteiger partial charge in [0.25, 0.3) is 0 Å². The van der Waals surface area contributed by atoms with Crippen LogP contribution in [0.2, 0.25) is 0 Å². The number of hydrogen-bond donors (Lipinski definition) is 0. The second kappa shape index (κ2) is 7.20. The zero-order valence-electron chi connectivity index (χ0n) is 15.2. The Morgan fingerprint density at radius 1 is 1.07 bits per heavy atom. The average Bonchev–Trinajstić information content (AvgIpc) is 3.35. The highest BCUT2D eigenvalue weighted by Gasteiger charge is 2.29. The number of oxazole rings is 1. The fourth-order valence-electron chi connectivity index (χ4n) is 3.68. The molecule has 1 aliphatic rings. The number of carbonyl (C=O) groups is 1. The first-order valence-electron chi connectivity index (χ1n) is 9.48. The second-order valence-electron chi connectivity index (χ2n) is 6.92. The van der Waals surface area contributed by atoms with E-state index in [1.807, 2.05) is 47.4 Å². The molecular weight excluding hydrogens is 370 g/mol. The molecule has 1 saturated heterocycles. The van der Waals surface area contributed by atoms with Gasteiger partial charge in [0.1, 0.15) is 10.5 Å². The van der Waals surface area contributed by atoms with Crippen LogP contribution in [0.5, 0.6) is 0 Å². The van der Waals surface area contributed by atoms with Crippen molar-refractivity contribution in [2.75, 3.05) is 6.54 Å². The van der Waals surface area contributed by atoms with E-state index in [1.54, 1.807) is 23.5 Å². The number of nitrogens with zero attached hydrogens (tertiary/aromatic N) is 3. The summed E-state index contributed by atoms with van der Waals surface area (Å²) in [7, 11) is 0. The van der Waals surface area contributed by atoms with Crippen molar-refractivity contribution >= 4 is 44.6 Å². The Kier molecular flexibility index (Phi) is 4.41. The molecule has 0 radical (unpaired) electrons. The summed E-state index contributed by atoms with van der Waals surface area (Å²) in [6, 6.07) is 15.8. The van der Waals surface area contributed by atoms with Crippen LogP contribution in [-0.2, 0) is 4.79 Å². The summed E-state index contributed by atoms with van der Waals surface area (Å²) in [5.41, 5.74) is 2.52. The van der Waals surface area contributed by atoms with Gasteiger partial charge in [-0.25, -0.2) is 9.97 Å². The van der Waals surface area contributed by atoms with Gasteiger partial charge in [-0.3, -0.25) is 4.79 Å². The molecule has 2 aromatic heterocycles. The van der Waals surface area contributed by atoms with Crippen molar-refractivity contribution in [1.29, 1.82) is 0 Å². The molecule has 1 fully saturated rings. The van der Waals surface area contributed by atoms with Crippen LogP contribution in [0.1, 0.15) is 36.2 Å². The predicted octanol–water partition coefficient (Wildman–Crippen LogP) is 5.20. The number of carbonyl (C=O) groups excluding carboxylic acids is 1. The number of benzene rings is 2. The van der Waals surface area contributed by atoms with E-state index in [0.29, 0.717) is 5.89 Å². The number of likely N-dealkylation sites (tertiary alicyclic amines) is 1. The monoisotopic (exact) mass is 389 g/mol. The Morgan fingerprint density at radius 2 is 1.89 bits per heavy atom. The van der Waals surface area contributed by atoms with Crippen LogP contribution >= 0.6 is 11.3 Å². The Hall–Kier alpha value is -2.99. The van der Waals surface area contributed by atoms with Crippen LogP contribution in [0.3, 0.4) is 0 Å². The van der Waals surface area contributed by atoms with Crippen LogP contribution in [0, 0.1) is 0 Å². The fraction of sp³-hybridized carbons (Fsp3) is 0.227. The minimum absolute atomic E-state index is 0.0220. The van der Waals surface area contributed by atoms with Gasteiger partial charge in [0.15, 0.2) is 5.58 Å². The van der Waals surface area contributed by atoms with Crippen LogP contribution in [0.4, 0.5) is 0 Å². The maximum atomic E-state index is 12.9. The Labute approximate surface area is 166 Å². The van der Waals surface area contributed by atoms with Gasteiger partial charge in [0, 0.05) is 18.7 Å². The largest absolute Gasteiger partial charge is 0.437 e. The SMILES string of the molecule is O=C(/C=C/c1nc2ccccc2o1)N1CCCCC1c1nc2ccccc2s1. The van der Waals surface area contributed by atoms with Crippen molar-refractivity contribution < 1.29 is 9.21 Å². The van der Waals surface area contributed by atoms with E-state index in [1.165, 1.54) is 0 Å². The lowest BCUT2D eigenvalue weighted by atomic mass is 10.0. The van der Waals surface area contributed by atoms with E-state index < -0.39 is 0 Å². The van der Waals surface area contributed by atoms with Crippen LogP contribution < -0.4 is 0 Å². The number of fused-ring (bicyclic) bond motifs is 2. The van der Waals surface area contributed by atoms with Gasteiger partial charge in [0.05, 0.1) is 16.3 Å². The molecule has 4 aromatic rings. The second-order valence-corrected chi connectivity index (χ2v) is 7.98. The van der Waals surface area contributed by atoms with Gasteiger partial charge in [-0.15, -0.1) is 11.3 Å². The number of amides is 1. The minimum atomic E-state index is -0.0220. The quantitative estimate of drug-likeness (QED) is 0.452. The summed E-state index contributed by atoms with van der Waals surface area (Å²) in [6.07, 6.45) is 6.30. The number of thiazole rings is 1. The topological polar surface area (TPSA) is 59.2 Å². The number of para-hydroxylation sites is 3. The number of aromatic nitrogens is 2. The molecule has 6 heteroatoms.